The summed E-state index contributed by atoms with van der Waals surface area (Å²) in [5, 5.41) is 0. The first-order valence-electron chi connectivity index (χ1n) is 36.5. The van der Waals surface area contributed by atoms with Gasteiger partial charge in [-0.2, -0.15) is 0 Å². The van der Waals surface area contributed by atoms with Gasteiger partial charge < -0.3 is 14.2 Å². The molecule has 0 aromatic carbocycles. The van der Waals surface area contributed by atoms with Crippen molar-refractivity contribution in [1.29, 1.82) is 0 Å². The third kappa shape index (κ3) is 68.3. The molecule has 0 radical (unpaired) electrons. The first-order chi connectivity index (χ1) is 40.0. The van der Waals surface area contributed by atoms with E-state index in [1.165, 1.54) is 283 Å². The number of carbonyl (C=O) groups is 3. The molecule has 0 aromatic heterocycles. The van der Waals surface area contributed by atoms with Crippen LogP contribution in [0.2, 0.25) is 0 Å². The van der Waals surface area contributed by atoms with E-state index in [2.05, 4.69) is 57.2 Å². The lowest BCUT2D eigenvalue weighted by molar-refractivity contribution is -0.167. The zero-order valence-electron chi connectivity index (χ0n) is 54.8. The van der Waals surface area contributed by atoms with Crippen molar-refractivity contribution in [3.8, 4) is 0 Å². The number of esters is 3. The number of ether oxygens (including phenoxy) is 3. The van der Waals surface area contributed by atoms with Crippen LogP contribution >= 0.6 is 0 Å². The third-order valence-corrected chi connectivity index (χ3v) is 16.6. The Balaban J connectivity index is 4.09. The minimum absolute atomic E-state index is 0.0742. The molecular weight excluding hydrogens is 997 g/mol. The highest BCUT2D eigenvalue weighted by atomic mass is 16.6. The number of hydrogen-bond acceptors (Lipinski definition) is 6. The number of rotatable bonds is 68. The SMILES string of the molecule is CCC/C=C\C/C=C\CCCCCCCC(=O)OCC(COC(=O)CCCCCCCCCCCCCCCCCCCCCCCCCCCCCCCCCCC)OC(=O)CCCCCCCCC/C=C\CCCCCCCC. The summed E-state index contributed by atoms with van der Waals surface area (Å²) in [6.07, 6.45) is 87.8. The maximum absolute atomic E-state index is 12.9. The molecule has 476 valence electrons. The van der Waals surface area contributed by atoms with Crippen LogP contribution in [0.4, 0.5) is 0 Å². The Morgan fingerprint density at radius 3 is 0.741 bits per heavy atom. The highest BCUT2D eigenvalue weighted by molar-refractivity contribution is 5.71. The van der Waals surface area contributed by atoms with Gasteiger partial charge in [-0.15, -0.1) is 0 Å². The van der Waals surface area contributed by atoms with Crippen LogP contribution in [0, 0.1) is 0 Å². The summed E-state index contributed by atoms with van der Waals surface area (Å²) in [5.41, 5.74) is 0. The van der Waals surface area contributed by atoms with Crippen molar-refractivity contribution in [2.24, 2.45) is 0 Å². The van der Waals surface area contributed by atoms with E-state index < -0.39 is 6.10 Å². The molecule has 1 unspecified atom stereocenters. The molecule has 0 rings (SSSR count). The van der Waals surface area contributed by atoms with Gasteiger partial charge in [0.1, 0.15) is 13.2 Å². The van der Waals surface area contributed by atoms with Crippen LogP contribution in [0.3, 0.4) is 0 Å². The van der Waals surface area contributed by atoms with Gasteiger partial charge in [-0.05, 0) is 70.6 Å². The predicted molar refractivity (Wildman–Crippen MR) is 353 cm³/mol. The van der Waals surface area contributed by atoms with E-state index in [4.69, 9.17) is 14.2 Å². The molecule has 0 amide bonds. The number of unbranched alkanes of at least 4 members (excludes halogenated alkanes) is 51. The molecule has 1 atom stereocenters. The van der Waals surface area contributed by atoms with Crippen LogP contribution in [0.15, 0.2) is 36.5 Å². The first-order valence-corrected chi connectivity index (χ1v) is 36.5. The van der Waals surface area contributed by atoms with Crippen LogP contribution in [-0.4, -0.2) is 37.2 Å². The zero-order chi connectivity index (χ0) is 58.5. The molecule has 0 aliphatic rings. The Bertz CT molecular complexity index is 1350. The molecule has 0 saturated carbocycles. The van der Waals surface area contributed by atoms with E-state index >= 15 is 0 Å². The van der Waals surface area contributed by atoms with E-state index in [-0.39, 0.29) is 31.1 Å². The highest BCUT2D eigenvalue weighted by Crippen LogP contribution is 2.19. The second-order valence-corrected chi connectivity index (χ2v) is 24.9. The summed E-state index contributed by atoms with van der Waals surface area (Å²) in [6, 6.07) is 0. The standard InChI is InChI=1S/C75H140O6/c1-4-7-10-13-16-19-22-25-27-29-30-31-32-33-34-35-36-37-38-39-40-41-42-43-44-46-47-50-53-56-59-62-65-68-74(77)80-71-72(70-79-73(76)67-64-61-58-55-52-49-24-21-18-15-12-9-6-3)81-75(78)69-66-63-60-57-54-51-48-45-28-26-23-20-17-14-11-8-5-2/h12,15,21,24,26,28,72H,4-11,13-14,16-20,22-23,25,27,29-71H2,1-3H3/b15-12-,24-21-,28-26-. The maximum Gasteiger partial charge on any atom is 0.306 e. The summed E-state index contributed by atoms with van der Waals surface area (Å²) < 4.78 is 17.0. The first kappa shape index (κ1) is 78.6. The van der Waals surface area contributed by atoms with E-state index in [1.54, 1.807) is 0 Å². The summed E-state index contributed by atoms with van der Waals surface area (Å²) in [5.74, 6) is -0.868. The lowest BCUT2D eigenvalue weighted by atomic mass is 10.0. The van der Waals surface area contributed by atoms with Crippen molar-refractivity contribution >= 4 is 17.9 Å². The lowest BCUT2D eigenvalue weighted by Gasteiger charge is -2.18. The van der Waals surface area contributed by atoms with Gasteiger partial charge in [0.2, 0.25) is 0 Å². The average molecular weight is 1140 g/mol. The van der Waals surface area contributed by atoms with Crippen molar-refractivity contribution in [2.45, 2.75) is 412 Å². The van der Waals surface area contributed by atoms with Crippen LogP contribution in [-0.2, 0) is 28.6 Å². The fourth-order valence-corrected chi connectivity index (χ4v) is 11.1. The van der Waals surface area contributed by atoms with E-state index in [0.29, 0.717) is 19.3 Å². The summed E-state index contributed by atoms with van der Waals surface area (Å²) in [6.45, 7) is 6.63. The van der Waals surface area contributed by atoms with Crippen molar-refractivity contribution in [3.05, 3.63) is 36.5 Å². The third-order valence-electron chi connectivity index (χ3n) is 16.6. The minimum Gasteiger partial charge on any atom is -0.462 e. The fraction of sp³-hybridized carbons (Fsp3) is 0.880. The fourth-order valence-electron chi connectivity index (χ4n) is 11.1. The molecule has 0 N–H and O–H groups in total. The monoisotopic (exact) mass is 1140 g/mol. The maximum atomic E-state index is 12.9. The van der Waals surface area contributed by atoms with Gasteiger partial charge in [-0.25, -0.2) is 0 Å². The van der Waals surface area contributed by atoms with Crippen LogP contribution in [0.5, 0.6) is 0 Å². The molecule has 0 spiro atoms. The average Bonchev–Trinajstić information content (AvgIpc) is 3.46. The van der Waals surface area contributed by atoms with Crippen molar-refractivity contribution in [2.75, 3.05) is 13.2 Å². The largest absolute Gasteiger partial charge is 0.462 e. The number of hydrogen-bond donors (Lipinski definition) is 0. The molecule has 6 heteroatoms. The molecule has 0 saturated heterocycles. The number of carbonyl (C=O) groups excluding carboxylic acids is 3. The van der Waals surface area contributed by atoms with Gasteiger partial charge in [-0.3, -0.25) is 14.4 Å². The minimum atomic E-state index is -0.779. The predicted octanol–water partition coefficient (Wildman–Crippen LogP) is 25.1. The van der Waals surface area contributed by atoms with Gasteiger partial charge in [0.05, 0.1) is 0 Å². The second kappa shape index (κ2) is 70.1. The van der Waals surface area contributed by atoms with Crippen LogP contribution < -0.4 is 0 Å². The van der Waals surface area contributed by atoms with Crippen molar-refractivity contribution in [3.63, 3.8) is 0 Å². The Hall–Kier alpha value is -2.37. The molecule has 6 nitrogen and oxygen atoms in total. The summed E-state index contributed by atoms with van der Waals surface area (Å²) in [7, 11) is 0. The Kier molecular flexibility index (Phi) is 68.1. The van der Waals surface area contributed by atoms with E-state index in [9.17, 15) is 14.4 Å². The molecule has 0 aromatic rings. The second-order valence-electron chi connectivity index (χ2n) is 24.9. The topological polar surface area (TPSA) is 78.9 Å². The quantitative estimate of drug-likeness (QED) is 0.0261. The summed E-state index contributed by atoms with van der Waals surface area (Å²) >= 11 is 0. The smallest absolute Gasteiger partial charge is 0.306 e. The Morgan fingerprint density at radius 1 is 0.247 bits per heavy atom. The zero-order valence-corrected chi connectivity index (χ0v) is 54.8. The molecule has 0 heterocycles. The lowest BCUT2D eigenvalue weighted by Crippen LogP contribution is -2.30. The van der Waals surface area contributed by atoms with Gasteiger partial charge in [-0.1, -0.05) is 353 Å². The Morgan fingerprint density at radius 2 is 0.469 bits per heavy atom. The van der Waals surface area contributed by atoms with Gasteiger partial charge in [0.15, 0.2) is 6.10 Å². The van der Waals surface area contributed by atoms with Gasteiger partial charge in [0, 0.05) is 19.3 Å². The normalized spacial score (nSPS) is 12.2. The van der Waals surface area contributed by atoms with Crippen molar-refractivity contribution in [1.82, 2.24) is 0 Å². The molecule has 0 bridgehead atoms. The molecule has 0 fully saturated rings. The van der Waals surface area contributed by atoms with E-state index in [1.807, 2.05) is 0 Å². The highest BCUT2D eigenvalue weighted by Gasteiger charge is 2.19. The number of allylic oxidation sites excluding steroid dienone is 6. The Labute approximate surface area is 506 Å². The molecule has 81 heavy (non-hydrogen) atoms. The van der Waals surface area contributed by atoms with E-state index in [0.717, 1.165) is 83.5 Å². The molecule has 0 aliphatic heterocycles. The van der Waals surface area contributed by atoms with Crippen LogP contribution in [0.25, 0.3) is 0 Å². The van der Waals surface area contributed by atoms with Crippen LogP contribution in [0.1, 0.15) is 406 Å². The molecule has 0 aliphatic carbocycles. The van der Waals surface area contributed by atoms with Gasteiger partial charge in [0.25, 0.3) is 0 Å². The van der Waals surface area contributed by atoms with Crippen molar-refractivity contribution < 1.29 is 28.6 Å². The molecular formula is C75H140O6. The summed E-state index contributed by atoms with van der Waals surface area (Å²) in [4.78, 5) is 38.4. The van der Waals surface area contributed by atoms with Gasteiger partial charge >= 0.3 is 17.9 Å².